The molecule has 0 bridgehead atoms. The number of nitrogens with one attached hydrogen (secondary N) is 2. The summed E-state index contributed by atoms with van der Waals surface area (Å²) in [7, 11) is 0. The minimum atomic E-state index is -4.43. The maximum atomic E-state index is 12.6. The second-order valence-electron chi connectivity index (χ2n) is 6.72. The number of rotatable bonds is 3. The lowest BCUT2D eigenvalue weighted by molar-refractivity contribution is -0.137. The van der Waals surface area contributed by atoms with Gasteiger partial charge in [0.2, 0.25) is 5.91 Å². The van der Waals surface area contributed by atoms with Crippen LogP contribution < -0.4 is 10.6 Å². The summed E-state index contributed by atoms with van der Waals surface area (Å²) in [6, 6.07) is 10.5. The van der Waals surface area contributed by atoms with Crippen LogP contribution >= 0.6 is 0 Å². The largest absolute Gasteiger partial charge is 0.416 e. The summed E-state index contributed by atoms with van der Waals surface area (Å²) < 4.78 is 37.9. The van der Waals surface area contributed by atoms with Gasteiger partial charge in [-0.1, -0.05) is 12.1 Å². The molecule has 0 saturated carbocycles. The minimum absolute atomic E-state index is 0.254. The Kier molecular flexibility index (Phi) is 5.58. The number of nitrogens with zero attached hydrogens (tertiary/aromatic N) is 1. The van der Waals surface area contributed by atoms with Gasteiger partial charge in [-0.3, -0.25) is 4.79 Å². The molecular formula is C20H20F3N3O2. The van der Waals surface area contributed by atoms with Gasteiger partial charge in [-0.05, 0) is 61.7 Å². The molecule has 1 saturated heterocycles. The molecule has 5 nitrogen and oxygen atoms in total. The van der Waals surface area contributed by atoms with Crippen molar-refractivity contribution in [2.24, 2.45) is 0 Å². The number of hydrogen-bond acceptors (Lipinski definition) is 2. The molecule has 0 radical (unpaired) electrons. The van der Waals surface area contributed by atoms with Gasteiger partial charge in [-0.15, -0.1) is 0 Å². The van der Waals surface area contributed by atoms with E-state index in [9.17, 15) is 22.8 Å². The van der Waals surface area contributed by atoms with Gasteiger partial charge in [0.15, 0.2) is 0 Å². The zero-order valence-electron chi connectivity index (χ0n) is 15.2. The van der Waals surface area contributed by atoms with Crippen LogP contribution in [0.3, 0.4) is 0 Å². The van der Waals surface area contributed by atoms with Crippen LogP contribution in [0.1, 0.15) is 24.0 Å². The highest BCUT2D eigenvalue weighted by molar-refractivity contribution is 5.99. The van der Waals surface area contributed by atoms with E-state index in [1.165, 1.54) is 17.0 Å². The lowest BCUT2D eigenvalue weighted by Crippen LogP contribution is -2.45. The van der Waals surface area contributed by atoms with E-state index in [0.717, 1.165) is 17.7 Å². The van der Waals surface area contributed by atoms with Crippen molar-refractivity contribution < 1.29 is 22.8 Å². The Morgan fingerprint density at radius 2 is 1.75 bits per heavy atom. The van der Waals surface area contributed by atoms with Crippen LogP contribution in [0.25, 0.3) is 0 Å². The van der Waals surface area contributed by atoms with Crippen molar-refractivity contribution >= 4 is 23.3 Å². The summed E-state index contributed by atoms with van der Waals surface area (Å²) in [6.45, 7) is 2.34. The van der Waals surface area contributed by atoms with Crippen LogP contribution in [0.2, 0.25) is 0 Å². The Morgan fingerprint density at radius 3 is 2.39 bits per heavy atom. The topological polar surface area (TPSA) is 61.4 Å². The molecule has 3 rings (SSSR count). The molecule has 1 fully saturated rings. The Morgan fingerprint density at radius 1 is 1.04 bits per heavy atom. The van der Waals surface area contributed by atoms with Crippen LogP contribution in [0, 0.1) is 6.92 Å². The third-order valence-corrected chi connectivity index (χ3v) is 4.57. The van der Waals surface area contributed by atoms with E-state index >= 15 is 0 Å². The zero-order chi connectivity index (χ0) is 20.3. The Hall–Kier alpha value is -3.03. The van der Waals surface area contributed by atoms with Crippen molar-refractivity contribution in [1.82, 2.24) is 4.90 Å². The molecule has 0 spiro atoms. The molecule has 148 valence electrons. The van der Waals surface area contributed by atoms with Crippen molar-refractivity contribution in [2.45, 2.75) is 32.0 Å². The van der Waals surface area contributed by atoms with E-state index in [2.05, 4.69) is 10.6 Å². The quantitative estimate of drug-likeness (QED) is 0.800. The van der Waals surface area contributed by atoms with Crippen LogP contribution in [-0.4, -0.2) is 29.4 Å². The molecule has 1 heterocycles. The molecule has 1 unspecified atom stereocenters. The van der Waals surface area contributed by atoms with Gasteiger partial charge >= 0.3 is 12.2 Å². The standard InChI is InChI=1S/C20H20F3N3O2/c1-13-4-2-5-16(12-13)25-19(28)26-11-3-6-17(26)18(27)24-15-9-7-14(8-10-15)20(21,22)23/h2,4-5,7-10,12,17H,3,6,11H2,1H3,(H,24,27)(H,25,28). The van der Waals surface area contributed by atoms with Crippen molar-refractivity contribution in [3.8, 4) is 0 Å². The van der Waals surface area contributed by atoms with E-state index in [0.29, 0.717) is 25.1 Å². The molecule has 8 heteroatoms. The number of halogens is 3. The molecule has 2 aromatic rings. The highest BCUT2D eigenvalue weighted by atomic mass is 19.4. The number of likely N-dealkylation sites (tertiary alicyclic amines) is 1. The monoisotopic (exact) mass is 391 g/mol. The van der Waals surface area contributed by atoms with E-state index in [4.69, 9.17) is 0 Å². The summed E-state index contributed by atoms with van der Waals surface area (Å²) in [6.07, 6.45) is -3.27. The highest BCUT2D eigenvalue weighted by Gasteiger charge is 2.34. The summed E-state index contributed by atoms with van der Waals surface area (Å²) in [5, 5.41) is 5.37. The second-order valence-corrected chi connectivity index (χ2v) is 6.72. The molecule has 1 atom stereocenters. The van der Waals surface area contributed by atoms with E-state index in [1.54, 1.807) is 6.07 Å². The number of carbonyl (C=O) groups is 2. The third kappa shape index (κ3) is 4.62. The maximum Gasteiger partial charge on any atom is 0.416 e. The molecule has 0 aromatic heterocycles. The van der Waals surface area contributed by atoms with Gasteiger partial charge in [-0.25, -0.2) is 4.79 Å². The van der Waals surface area contributed by atoms with Gasteiger partial charge in [-0.2, -0.15) is 13.2 Å². The zero-order valence-corrected chi connectivity index (χ0v) is 15.2. The van der Waals surface area contributed by atoms with Crippen molar-refractivity contribution in [2.75, 3.05) is 17.2 Å². The predicted molar refractivity (Wildman–Crippen MR) is 100.0 cm³/mol. The first-order valence-corrected chi connectivity index (χ1v) is 8.86. The number of anilines is 2. The summed E-state index contributed by atoms with van der Waals surface area (Å²) in [5.41, 5.74) is 1.10. The number of aryl methyl sites for hydroxylation is 1. The highest BCUT2D eigenvalue weighted by Crippen LogP contribution is 2.30. The number of alkyl halides is 3. The lowest BCUT2D eigenvalue weighted by atomic mass is 10.1. The first-order chi connectivity index (χ1) is 13.2. The van der Waals surface area contributed by atoms with E-state index < -0.39 is 23.7 Å². The fraction of sp³-hybridized carbons (Fsp3) is 0.300. The van der Waals surface area contributed by atoms with E-state index in [1.807, 2.05) is 25.1 Å². The summed E-state index contributed by atoms with van der Waals surface area (Å²) >= 11 is 0. The molecule has 0 aliphatic carbocycles. The molecule has 1 aliphatic rings. The van der Waals surface area contributed by atoms with Gasteiger partial charge < -0.3 is 15.5 Å². The molecule has 2 N–H and O–H groups in total. The fourth-order valence-corrected chi connectivity index (χ4v) is 3.17. The first-order valence-electron chi connectivity index (χ1n) is 8.86. The normalized spacial score (nSPS) is 16.7. The van der Waals surface area contributed by atoms with Crippen LogP contribution in [-0.2, 0) is 11.0 Å². The summed E-state index contributed by atoms with van der Waals surface area (Å²) in [5.74, 6) is -0.420. The fourth-order valence-electron chi connectivity index (χ4n) is 3.17. The van der Waals surface area contributed by atoms with Crippen molar-refractivity contribution in [3.63, 3.8) is 0 Å². The van der Waals surface area contributed by atoms with Gasteiger partial charge in [0, 0.05) is 17.9 Å². The average molecular weight is 391 g/mol. The SMILES string of the molecule is Cc1cccc(NC(=O)N2CCCC2C(=O)Nc2ccc(C(F)(F)F)cc2)c1. The summed E-state index contributed by atoms with van der Waals surface area (Å²) in [4.78, 5) is 26.6. The molecule has 28 heavy (non-hydrogen) atoms. The minimum Gasteiger partial charge on any atom is -0.324 e. The first kappa shape index (κ1) is 19.7. The third-order valence-electron chi connectivity index (χ3n) is 4.57. The Labute approximate surface area is 160 Å². The van der Waals surface area contributed by atoms with Gasteiger partial charge in [0.25, 0.3) is 0 Å². The number of hydrogen-bond donors (Lipinski definition) is 2. The predicted octanol–water partition coefficient (Wildman–Crippen LogP) is 4.65. The van der Waals surface area contributed by atoms with Crippen molar-refractivity contribution in [3.05, 3.63) is 59.7 Å². The lowest BCUT2D eigenvalue weighted by Gasteiger charge is -2.24. The average Bonchev–Trinajstić information content (AvgIpc) is 3.11. The van der Waals surface area contributed by atoms with Gasteiger partial charge in [0.05, 0.1) is 5.56 Å². The number of benzene rings is 2. The number of carbonyl (C=O) groups excluding carboxylic acids is 2. The van der Waals surface area contributed by atoms with Crippen LogP contribution in [0.15, 0.2) is 48.5 Å². The number of urea groups is 1. The van der Waals surface area contributed by atoms with Crippen molar-refractivity contribution in [1.29, 1.82) is 0 Å². The van der Waals surface area contributed by atoms with Gasteiger partial charge in [0.1, 0.15) is 6.04 Å². The number of amides is 3. The molecule has 2 aromatic carbocycles. The Bertz CT molecular complexity index is 866. The molecular weight excluding hydrogens is 371 g/mol. The second kappa shape index (κ2) is 7.92. The van der Waals surface area contributed by atoms with Crippen LogP contribution in [0.4, 0.5) is 29.3 Å². The van der Waals surface area contributed by atoms with Crippen LogP contribution in [0.5, 0.6) is 0 Å². The maximum absolute atomic E-state index is 12.6. The molecule has 3 amide bonds. The molecule has 1 aliphatic heterocycles. The Balaban J connectivity index is 1.65. The smallest absolute Gasteiger partial charge is 0.324 e. The van der Waals surface area contributed by atoms with E-state index in [-0.39, 0.29) is 11.7 Å².